The Hall–Kier alpha value is 0.130. The van der Waals surface area contributed by atoms with Crippen LogP contribution in [-0.2, 0) is 4.79 Å². The Kier molecular flexibility index (Phi) is 8.80. The molecule has 0 bridgehead atoms. The number of rotatable bonds is 8. The molecule has 0 aromatic rings. The highest BCUT2D eigenvalue weighted by atomic mass is 33.1. The molecule has 0 aromatic heterocycles. The molecule has 0 radical (unpaired) electrons. The van der Waals surface area contributed by atoms with Gasteiger partial charge in [-0.2, -0.15) is 0 Å². The van der Waals surface area contributed by atoms with Gasteiger partial charge in [0.05, 0.1) is 0 Å². The van der Waals surface area contributed by atoms with E-state index in [4.69, 9.17) is 10.8 Å². The molecule has 3 N–H and O–H groups in total. The van der Waals surface area contributed by atoms with Crippen LogP contribution in [0.15, 0.2) is 0 Å². The normalized spacial score (nSPS) is 12.8. The van der Waals surface area contributed by atoms with Crippen LogP contribution in [0, 0.1) is 0 Å². The summed E-state index contributed by atoms with van der Waals surface area (Å²) in [5.74, 6) is 0.665. The molecule has 0 saturated carbocycles. The standard InChI is InChI=1S/C8H17NO2S2/c1-2-3-4-5-12-13-6-7(9)8(10)11/h7H,2-6,9H2,1H3,(H,10,11). The number of carbonyl (C=O) groups is 1. The Morgan fingerprint density at radius 3 is 2.69 bits per heavy atom. The molecular weight excluding hydrogens is 206 g/mol. The molecular formula is C8H17NO2S2. The molecule has 0 aliphatic carbocycles. The highest BCUT2D eigenvalue weighted by molar-refractivity contribution is 8.76. The highest BCUT2D eigenvalue weighted by Gasteiger charge is 2.10. The summed E-state index contributed by atoms with van der Waals surface area (Å²) in [6.07, 6.45) is 3.68. The Labute approximate surface area is 87.2 Å². The van der Waals surface area contributed by atoms with Crippen LogP contribution in [-0.4, -0.2) is 28.6 Å². The zero-order chi connectivity index (χ0) is 10.1. The Morgan fingerprint density at radius 1 is 1.46 bits per heavy atom. The molecule has 5 heteroatoms. The van der Waals surface area contributed by atoms with Crippen molar-refractivity contribution in [3.05, 3.63) is 0 Å². The molecule has 78 valence electrons. The number of unbranched alkanes of at least 4 members (excludes halogenated alkanes) is 2. The molecule has 13 heavy (non-hydrogen) atoms. The van der Waals surface area contributed by atoms with Gasteiger partial charge in [-0.25, -0.2) is 0 Å². The van der Waals surface area contributed by atoms with Gasteiger partial charge in [-0.3, -0.25) is 4.79 Å². The fourth-order valence-electron chi connectivity index (χ4n) is 0.663. The van der Waals surface area contributed by atoms with Crippen LogP contribution in [0.2, 0.25) is 0 Å². The van der Waals surface area contributed by atoms with Crippen LogP contribution < -0.4 is 5.73 Å². The van der Waals surface area contributed by atoms with Crippen LogP contribution in [0.3, 0.4) is 0 Å². The maximum absolute atomic E-state index is 10.3. The average molecular weight is 223 g/mol. The summed E-state index contributed by atoms with van der Waals surface area (Å²) in [4.78, 5) is 10.3. The Bertz CT molecular complexity index is 144. The monoisotopic (exact) mass is 223 g/mol. The second kappa shape index (κ2) is 8.72. The molecule has 0 spiro atoms. The van der Waals surface area contributed by atoms with Crippen molar-refractivity contribution in [3.63, 3.8) is 0 Å². The molecule has 3 nitrogen and oxygen atoms in total. The van der Waals surface area contributed by atoms with Crippen LogP contribution in [0.25, 0.3) is 0 Å². The van der Waals surface area contributed by atoms with E-state index in [1.165, 1.54) is 19.3 Å². The lowest BCUT2D eigenvalue weighted by Crippen LogP contribution is -2.32. The summed E-state index contributed by atoms with van der Waals surface area (Å²) in [6, 6.07) is -0.719. The third-order valence-electron chi connectivity index (χ3n) is 1.48. The van der Waals surface area contributed by atoms with Gasteiger partial charge in [-0.15, -0.1) is 0 Å². The minimum Gasteiger partial charge on any atom is -0.480 e. The van der Waals surface area contributed by atoms with Crippen molar-refractivity contribution in [1.29, 1.82) is 0 Å². The maximum atomic E-state index is 10.3. The van der Waals surface area contributed by atoms with Crippen molar-refractivity contribution in [2.75, 3.05) is 11.5 Å². The minimum atomic E-state index is -0.915. The second-order valence-corrected chi connectivity index (χ2v) is 5.39. The summed E-state index contributed by atoms with van der Waals surface area (Å²) in [5, 5.41) is 8.48. The van der Waals surface area contributed by atoms with Gasteiger partial charge >= 0.3 is 5.97 Å². The minimum absolute atomic E-state index is 0.492. The summed E-state index contributed by atoms with van der Waals surface area (Å²) < 4.78 is 0. The smallest absolute Gasteiger partial charge is 0.321 e. The van der Waals surface area contributed by atoms with Crippen LogP contribution in [0.5, 0.6) is 0 Å². The maximum Gasteiger partial charge on any atom is 0.321 e. The first-order valence-corrected chi connectivity index (χ1v) is 6.90. The van der Waals surface area contributed by atoms with E-state index < -0.39 is 12.0 Å². The first-order chi connectivity index (χ1) is 6.18. The van der Waals surface area contributed by atoms with E-state index in [-0.39, 0.29) is 0 Å². The fraction of sp³-hybridized carbons (Fsp3) is 0.875. The van der Waals surface area contributed by atoms with Crippen molar-refractivity contribution in [3.8, 4) is 0 Å². The molecule has 1 atom stereocenters. The van der Waals surface area contributed by atoms with Crippen LogP contribution in [0.1, 0.15) is 26.2 Å². The molecule has 0 saturated heterocycles. The first kappa shape index (κ1) is 13.1. The van der Waals surface area contributed by atoms with Gasteiger partial charge < -0.3 is 10.8 Å². The van der Waals surface area contributed by atoms with Gasteiger partial charge in [0.15, 0.2) is 0 Å². The van der Waals surface area contributed by atoms with Crippen LogP contribution in [0.4, 0.5) is 0 Å². The van der Waals surface area contributed by atoms with E-state index in [2.05, 4.69) is 6.92 Å². The second-order valence-electron chi connectivity index (χ2n) is 2.76. The van der Waals surface area contributed by atoms with Gasteiger partial charge in [0, 0.05) is 11.5 Å². The average Bonchev–Trinajstić information content (AvgIpc) is 2.10. The van der Waals surface area contributed by atoms with Gasteiger partial charge in [0.2, 0.25) is 0 Å². The number of aliphatic carboxylic acids is 1. The lowest BCUT2D eigenvalue weighted by atomic mass is 10.3. The molecule has 0 aliphatic rings. The Morgan fingerprint density at radius 2 is 2.15 bits per heavy atom. The lowest BCUT2D eigenvalue weighted by molar-refractivity contribution is -0.137. The van der Waals surface area contributed by atoms with E-state index in [0.717, 1.165) is 5.75 Å². The molecule has 0 aromatic carbocycles. The predicted octanol–water partition coefficient (Wildman–Crippen LogP) is 1.97. The van der Waals surface area contributed by atoms with Crippen molar-refractivity contribution >= 4 is 27.6 Å². The number of nitrogens with two attached hydrogens (primary N) is 1. The van der Waals surface area contributed by atoms with Gasteiger partial charge in [0.1, 0.15) is 6.04 Å². The zero-order valence-electron chi connectivity index (χ0n) is 7.86. The van der Waals surface area contributed by atoms with E-state index in [1.54, 1.807) is 21.6 Å². The summed E-state index contributed by atoms with van der Waals surface area (Å²) in [6.45, 7) is 2.16. The molecule has 1 unspecified atom stereocenters. The number of carboxylic acid groups (broad SMARTS) is 1. The van der Waals surface area contributed by atoms with E-state index >= 15 is 0 Å². The van der Waals surface area contributed by atoms with Crippen LogP contribution >= 0.6 is 21.6 Å². The third-order valence-corrected chi connectivity index (χ3v) is 4.00. The fourth-order valence-corrected chi connectivity index (χ4v) is 2.92. The van der Waals surface area contributed by atoms with Crippen molar-refractivity contribution in [1.82, 2.24) is 0 Å². The lowest BCUT2D eigenvalue weighted by Gasteiger charge is -2.04. The quantitative estimate of drug-likeness (QED) is 0.486. The largest absolute Gasteiger partial charge is 0.480 e. The molecule has 0 fully saturated rings. The van der Waals surface area contributed by atoms with Crippen molar-refractivity contribution in [2.24, 2.45) is 5.73 Å². The highest BCUT2D eigenvalue weighted by Crippen LogP contribution is 2.23. The Balaban J connectivity index is 3.11. The summed E-state index contributed by atoms with van der Waals surface area (Å²) in [7, 11) is 3.26. The van der Waals surface area contributed by atoms with Gasteiger partial charge in [0.25, 0.3) is 0 Å². The van der Waals surface area contributed by atoms with E-state index in [0.29, 0.717) is 5.75 Å². The number of hydrogen-bond acceptors (Lipinski definition) is 4. The summed E-state index contributed by atoms with van der Waals surface area (Å²) >= 11 is 0. The van der Waals surface area contributed by atoms with Crippen molar-refractivity contribution in [2.45, 2.75) is 32.2 Å². The third kappa shape index (κ3) is 8.46. The van der Waals surface area contributed by atoms with Gasteiger partial charge in [-0.1, -0.05) is 41.4 Å². The SMILES string of the molecule is CCCCCSSCC(N)C(=O)O. The van der Waals surface area contributed by atoms with Gasteiger partial charge in [-0.05, 0) is 6.42 Å². The molecule has 0 amide bonds. The zero-order valence-corrected chi connectivity index (χ0v) is 9.50. The van der Waals surface area contributed by atoms with Crippen molar-refractivity contribution < 1.29 is 9.90 Å². The summed E-state index contributed by atoms with van der Waals surface area (Å²) in [5.41, 5.74) is 5.32. The first-order valence-electron chi connectivity index (χ1n) is 4.41. The molecule has 0 rings (SSSR count). The number of hydrogen-bond donors (Lipinski definition) is 2. The molecule has 0 aliphatic heterocycles. The number of carboxylic acids is 1. The van der Waals surface area contributed by atoms with E-state index in [9.17, 15) is 4.79 Å². The van der Waals surface area contributed by atoms with E-state index in [1.807, 2.05) is 0 Å². The predicted molar refractivity (Wildman–Crippen MR) is 60.1 cm³/mol. The molecule has 0 heterocycles. The topological polar surface area (TPSA) is 63.3 Å².